The zero-order valence-electron chi connectivity index (χ0n) is 12.2. The largest absolute Gasteiger partial charge is 0.493 e. The van der Waals surface area contributed by atoms with Crippen LogP contribution < -0.4 is 9.47 Å². The van der Waals surface area contributed by atoms with Gasteiger partial charge in [0.25, 0.3) is 0 Å². The molecule has 0 amide bonds. The fourth-order valence-electron chi connectivity index (χ4n) is 1.70. The highest BCUT2D eigenvalue weighted by molar-refractivity contribution is 5.71. The van der Waals surface area contributed by atoms with Crippen molar-refractivity contribution in [3.05, 3.63) is 30.0 Å². The monoisotopic (exact) mass is 263 g/mol. The lowest BCUT2D eigenvalue weighted by Crippen LogP contribution is -1.93. The van der Waals surface area contributed by atoms with Gasteiger partial charge in [-0.1, -0.05) is 32.0 Å². The molecule has 104 valence electrons. The molecule has 19 heavy (non-hydrogen) atoms. The van der Waals surface area contributed by atoms with Crippen molar-refractivity contribution >= 4 is 0 Å². The Balaban J connectivity index is 0.000000861. The molecule has 0 radical (unpaired) electrons. The SMILES string of the molecule is CC.CCc1cc(-c2cccc(OC)c2OC)no1. The molecule has 0 spiro atoms. The molecule has 0 unspecified atom stereocenters. The second kappa shape index (κ2) is 7.46. The molecule has 4 heteroatoms. The van der Waals surface area contributed by atoms with Crippen molar-refractivity contribution in [3.8, 4) is 22.8 Å². The minimum Gasteiger partial charge on any atom is -0.493 e. The number of aromatic nitrogens is 1. The standard InChI is InChI=1S/C13H15NO3.C2H6/c1-4-9-8-11(14-17-9)10-6-5-7-12(15-2)13(10)16-3;1-2/h5-8H,4H2,1-3H3;1-2H3. The van der Waals surface area contributed by atoms with Gasteiger partial charge in [0.2, 0.25) is 0 Å². The highest BCUT2D eigenvalue weighted by Gasteiger charge is 2.14. The highest BCUT2D eigenvalue weighted by Crippen LogP contribution is 2.37. The Kier molecular flexibility index (Phi) is 5.93. The van der Waals surface area contributed by atoms with E-state index in [9.17, 15) is 0 Å². The van der Waals surface area contributed by atoms with Crippen LogP contribution in [-0.4, -0.2) is 19.4 Å². The number of ether oxygens (including phenoxy) is 2. The molecule has 1 heterocycles. The van der Waals surface area contributed by atoms with Crippen molar-refractivity contribution in [1.29, 1.82) is 0 Å². The smallest absolute Gasteiger partial charge is 0.170 e. The second-order valence-electron chi connectivity index (χ2n) is 3.57. The lowest BCUT2D eigenvalue weighted by Gasteiger charge is -2.10. The van der Waals surface area contributed by atoms with Gasteiger partial charge in [-0.15, -0.1) is 0 Å². The van der Waals surface area contributed by atoms with Crippen molar-refractivity contribution in [2.45, 2.75) is 27.2 Å². The van der Waals surface area contributed by atoms with Crippen LogP contribution in [0.5, 0.6) is 11.5 Å². The average molecular weight is 263 g/mol. The van der Waals surface area contributed by atoms with E-state index in [4.69, 9.17) is 14.0 Å². The van der Waals surface area contributed by atoms with Gasteiger partial charge in [0, 0.05) is 18.1 Å². The van der Waals surface area contributed by atoms with E-state index in [1.54, 1.807) is 14.2 Å². The summed E-state index contributed by atoms with van der Waals surface area (Å²) in [5.41, 5.74) is 1.63. The minimum atomic E-state index is 0.672. The van der Waals surface area contributed by atoms with E-state index in [1.165, 1.54) is 0 Å². The molecule has 1 aromatic heterocycles. The van der Waals surface area contributed by atoms with E-state index in [0.717, 1.165) is 23.4 Å². The summed E-state index contributed by atoms with van der Waals surface area (Å²) in [6.45, 7) is 6.02. The summed E-state index contributed by atoms with van der Waals surface area (Å²) >= 11 is 0. The maximum absolute atomic E-state index is 5.36. The summed E-state index contributed by atoms with van der Waals surface area (Å²) in [5, 5.41) is 4.03. The van der Waals surface area contributed by atoms with Crippen LogP contribution >= 0.6 is 0 Å². The van der Waals surface area contributed by atoms with Gasteiger partial charge in [0.05, 0.1) is 14.2 Å². The quantitative estimate of drug-likeness (QED) is 0.837. The van der Waals surface area contributed by atoms with E-state index in [0.29, 0.717) is 11.5 Å². The predicted molar refractivity (Wildman–Crippen MR) is 75.8 cm³/mol. The molecule has 0 bridgehead atoms. The van der Waals surface area contributed by atoms with Crippen LogP contribution in [0.2, 0.25) is 0 Å². The number of nitrogens with zero attached hydrogens (tertiary/aromatic N) is 1. The molecule has 0 aliphatic heterocycles. The van der Waals surface area contributed by atoms with Gasteiger partial charge >= 0.3 is 0 Å². The predicted octanol–water partition coefficient (Wildman–Crippen LogP) is 3.95. The summed E-state index contributed by atoms with van der Waals surface area (Å²) in [6.07, 6.45) is 0.819. The lowest BCUT2D eigenvalue weighted by molar-refractivity contribution is 0.355. The fourth-order valence-corrected chi connectivity index (χ4v) is 1.70. The van der Waals surface area contributed by atoms with Crippen LogP contribution in [0.4, 0.5) is 0 Å². The van der Waals surface area contributed by atoms with Crippen LogP contribution in [0.3, 0.4) is 0 Å². The maximum Gasteiger partial charge on any atom is 0.170 e. The lowest BCUT2D eigenvalue weighted by atomic mass is 10.1. The Bertz CT molecular complexity index is 506. The number of hydrogen-bond donors (Lipinski definition) is 0. The Labute approximate surface area is 114 Å². The van der Waals surface area contributed by atoms with Crippen LogP contribution in [0, 0.1) is 0 Å². The Morgan fingerprint density at radius 3 is 2.42 bits per heavy atom. The first-order chi connectivity index (χ1) is 9.30. The average Bonchev–Trinajstić information content (AvgIpc) is 2.97. The number of para-hydroxylation sites is 1. The third kappa shape index (κ3) is 3.28. The van der Waals surface area contributed by atoms with Gasteiger partial charge in [-0.3, -0.25) is 0 Å². The topological polar surface area (TPSA) is 44.5 Å². The fraction of sp³-hybridized carbons (Fsp3) is 0.400. The molecule has 2 rings (SSSR count). The van der Waals surface area contributed by atoms with E-state index in [2.05, 4.69) is 5.16 Å². The zero-order chi connectivity index (χ0) is 14.3. The van der Waals surface area contributed by atoms with Gasteiger partial charge in [-0.25, -0.2) is 0 Å². The Morgan fingerprint density at radius 1 is 1.16 bits per heavy atom. The summed E-state index contributed by atoms with van der Waals surface area (Å²) in [6, 6.07) is 7.59. The Hall–Kier alpha value is -1.97. The number of benzene rings is 1. The molecule has 4 nitrogen and oxygen atoms in total. The van der Waals surface area contributed by atoms with E-state index in [-0.39, 0.29) is 0 Å². The molecule has 0 atom stereocenters. The normalized spacial score (nSPS) is 9.53. The van der Waals surface area contributed by atoms with Crippen molar-refractivity contribution < 1.29 is 14.0 Å². The first-order valence-corrected chi connectivity index (χ1v) is 6.47. The number of aryl methyl sites for hydroxylation is 1. The van der Waals surface area contributed by atoms with E-state index in [1.807, 2.05) is 45.0 Å². The summed E-state index contributed by atoms with van der Waals surface area (Å²) < 4.78 is 15.8. The molecule has 0 saturated carbocycles. The van der Waals surface area contributed by atoms with Crippen LogP contribution in [-0.2, 0) is 6.42 Å². The summed E-state index contributed by atoms with van der Waals surface area (Å²) in [4.78, 5) is 0. The van der Waals surface area contributed by atoms with E-state index < -0.39 is 0 Å². The number of hydrogen-bond acceptors (Lipinski definition) is 4. The summed E-state index contributed by atoms with van der Waals surface area (Å²) in [7, 11) is 3.23. The van der Waals surface area contributed by atoms with Crippen LogP contribution in [0.1, 0.15) is 26.5 Å². The maximum atomic E-state index is 5.36. The molecule has 0 N–H and O–H groups in total. The summed E-state index contributed by atoms with van der Waals surface area (Å²) in [5.74, 6) is 2.21. The molecule has 0 aliphatic carbocycles. The number of rotatable bonds is 4. The van der Waals surface area contributed by atoms with Gasteiger partial charge in [-0.2, -0.15) is 0 Å². The molecule has 2 aromatic rings. The van der Waals surface area contributed by atoms with Gasteiger partial charge in [-0.05, 0) is 12.1 Å². The van der Waals surface area contributed by atoms with Crippen molar-refractivity contribution in [2.24, 2.45) is 0 Å². The van der Waals surface area contributed by atoms with Gasteiger partial charge in [0.1, 0.15) is 11.5 Å². The third-order valence-corrected chi connectivity index (χ3v) is 2.59. The highest BCUT2D eigenvalue weighted by atomic mass is 16.5. The molecular weight excluding hydrogens is 242 g/mol. The molecule has 1 aromatic carbocycles. The minimum absolute atomic E-state index is 0.672. The van der Waals surface area contributed by atoms with Crippen molar-refractivity contribution in [3.63, 3.8) is 0 Å². The van der Waals surface area contributed by atoms with Crippen molar-refractivity contribution in [2.75, 3.05) is 14.2 Å². The van der Waals surface area contributed by atoms with Gasteiger partial charge < -0.3 is 14.0 Å². The van der Waals surface area contributed by atoms with E-state index >= 15 is 0 Å². The number of methoxy groups -OCH3 is 2. The van der Waals surface area contributed by atoms with Crippen molar-refractivity contribution in [1.82, 2.24) is 5.16 Å². The molecule has 0 aliphatic rings. The second-order valence-corrected chi connectivity index (χ2v) is 3.57. The molecular formula is C15H21NO3. The first-order valence-electron chi connectivity index (χ1n) is 6.47. The van der Waals surface area contributed by atoms with Crippen LogP contribution in [0.15, 0.2) is 28.8 Å². The first kappa shape index (κ1) is 15.1. The molecule has 0 saturated heterocycles. The Morgan fingerprint density at radius 2 is 1.89 bits per heavy atom. The third-order valence-electron chi connectivity index (χ3n) is 2.59. The van der Waals surface area contributed by atoms with Crippen LogP contribution in [0.25, 0.3) is 11.3 Å². The van der Waals surface area contributed by atoms with Gasteiger partial charge in [0.15, 0.2) is 11.5 Å². The zero-order valence-corrected chi connectivity index (χ0v) is 12.2. The molecule has 0 fully saturated rings.